The molecule has 1 rings (SSSR count). The molecule has 0 aromatic heterocycles. The Balaban J connectivity index is 2.26. The van der Waals surface area contributed by atoms with Gasteiger partial charge in [0.05, 0.1) is 0 Å². The summed E-state index contributed by atoms with van der Waals surface area (Å²) >= 11 is 0. The third-order valence-electron chi connectivity index (χ3n) is 2.88. The van der Waals surface area contributed by atoms with Gasteiger partial charge in [-0.1, -0.05) is 13.8 Å². The molecule has 0 spiro atoms. The molecule has 5 heteroatoms. The van der Waals surface area contributed by atoms with E-state index >= 15 is 0 Å². The Morgan fingerprint density at radius 2 is 1.76 bits per heavy atom. The van der Waals surface area contributed by atoms with Crippen molar-refractivity contribution in [2.24, 2.45) is 5.92 Å². The summed E-state index contributed by atoms with van der Waals surface area (Å²) in [6.07, 6.45) is -0.0174. The van der Waals surface area contributed by atoms with Gasteiger partial charge in [-0.2, -0.15) is 0 Å². The molecule has 1 aliphatic rings. The maximum absolute atomic E-state index is 11.8. The number of carbonyl (C=O) groups excluding carboxylic acids is 2. The van der Waals surface area contributed by atoms with Crippen LogP contribution < -0.4 is 5.32 Å². The van der Waals surface area contributed by atoms with E-state index in [1.54, 1.807) is 4.90 Å². The van der Waals surface area contributed by atoms with Gasteiger partial charge in [0, 0.05) is 32.7 Å². The third kappa shape index (κ3) is 5.17. The quantitative estimate of drug-likeness (QED) is 0.701. The molecule has 0 aromatic carbocycles. The number of likely N-dealkylation sites (N-methyl/N-ethyl adjacent to an activating group) is 1. The first kappa shape index (κ1) is 14.0. The molecule has 1 fully saturated rings. The van der Waals surface area contributed by atoms with Crippen LogP contribution in [-0.2, 0) is 9.59 Å². The van der Waals surface area contributed by atoms with Crippen molar-refractivity contribution in [2.45, 2.75) is 20.3 Å². The summed E-state index contributed by atoms with van der Waals surface area (Å²) in [5.74, 6) is 0.194. The van der Waals surface area contributed by atoms with Crippen molar-refractivity contribution in [3.05, 3.63) is 0 Å². The maximum Gasteiger partial charge on any atom is 0.232 e. The summed E-state index contributed by atoms with van der Waals surface area (Å²) in [7, 11) is 2.04. The highest BCUT2D eigenvalue weighted by Crippen LogP contribution is 2.01. The Bertz CT molecular complexity index is 271. The minimum atomic E-state index is -0.164. The van der Waals surface area contributed by atoms with Gasteiger partial charge in [0.2, 0.25) is 11.8 Å². The largest absolute Gasteiger partial charge is 0.355 e. The van der Waals surface area contributed by atoms with Crippen LogP contribution >= 0.6 is 0 Å². The Kier molecular flexibility index (Phi) is 5.41. The minimum absolute atomic E-state index is 0.0174. The zero-order chi connectivity index (χ0) is 12.8. The van der Waals surface area contributed by atoms with Crippen molar-refractivity contribution in [1.29, 1.82) is 0 Å². The highest BCUT2D eigenvalue weighted by Gasteiger charge is 2.20. The first-order valence-corrected chi connectivity index (χ1v) is 6.22. The van der Waals surface area contributed by atoms with E-state index in [1.165, 1.54) is 0 Å². The van der Waals surface area contributed by atoms with Crippen LogP contribution in [0.3, 0.4) is 0 Å². The number of rotatable bonds is 4. The second kappa shape index (κ2) is 6.59. The Hall–Kier alpha value is -1.10. The van der Waals surface area contributed by atoms with E-state index in [1.807, 2.05) is 20.9 Å². The first-order chi connectivity index (χ1) is 7.99. The summed E-state index contributed by atoms with van der Waals surface area (Å²) in [6, 6.07) is 0. The molecular weight excluding hydrogens is 218 g/mol. The number of piperazine rings is 1. The van der Waals surface area contributed by atoms with Crippen molar-refractivity contribution in [3.8, 4) is 0 Å². The molecule has 0 atom stereocenters. The van der Waals surface area contributed by atoms with Crippen LogP contribution in [0, 0.1) is 5.92 Å². The van der Waals surface area contributed by atoms with Gasteiger partial charge in [0.1, 0.15) is 6.42 Å². The van der Waals surface area contributed by atoms with Crippen molar-refractivity contribution >= 4 is 11.8 Å². The summed E-state index contributed by atoms with van der Waals surface area (Å²) in [5.41, 5.74) is 0. The fraction of sp³-hybridized carbons (Fsp3) is 0.833. The molecule has 98 valence electrons. The second-order valence-electron chi connectivity index (χ2n) is 5.06. The molecule has 1 saturated heterocycles. The number of hydrogen-bond acceptors (Lipinski definition) is 3. The van der Waals surface area contributed by atoms with E-state index in [-0.39, 0.29) is 18.2 Å². The fourth-order valence-electron chi connectivity index (χ4n) is 1.69. The van der Waals surface area contributed by atoms with Crippen LogP contribution in [0.2, 0.25) is 0 Å². The molecule has 5 nitrogen and oxygen atoms in total. The first-order valence-electron chi connectivity index (χ1n) is 6.22. The van der Waals surface area contributed by atoms with E-state index < -0.39 is 0 Å². The monoisotopic (exact) mass is 241 g/mol. The summed E-state index contributed by atoms with van der Waals surface area (Å²) in [4.78, 5) is 27.3. The standard InChI is InChI=1S/C12H23N3O2/c1-10(2)9-13-11(16)8-12(17)15-6-4-14(3)5-7-15/h10H,4-9H2,1-3H3,(H,13,16). The van der Waals surface area contributed by atoms with Gasteiger partial charge in [-0.05, 0) is 13.0 Å². The Morgan fingerprint density at radius 1 is 1.18 bits per heavy atom. The van der Waals surface area contributed by atoms with E-state index in [0.29, 0.717) is 12.5 Å². The molecule has 1 heterocycles. The number of nitrogens with one attached hydrogen (secondary N) is 1. The SMILES string of the molecule is CC(C)CNC(=O)CC(=O)N1CCN(C)CC1. The van der Waals surface area contributed by atoms with Crippen molar-refractivity contribution in [2.75, 3.05) is 39.8 Å². The summed E-state index contributed by atoms with van der Waals surface area (Å²) in [5, 5.41) is 2.76. The van der Waals surface area contributed by atoms with Crippen molar-refractivity contribution in [3.63, 3.8) is 0 Å². The average Bonchev–Trinajstić information content (AvgIpc) is 2.27. The lowest BCUT2D eigenvalue weighted by atomic mass is 10.2. The number of hydrogen-bond donors (Lipinski definition) is 1. The molecule has 0 aliphatic carbocycles. The van der Waals surface area contributed by atoms with Crippen LogP contribution in [0.5, 0.6) is 0 Å². The fourth-order valence-corrected chi connectivity index (χ4v) is 1.69. The van der Waals surface area contributed by atoms with Crippen LogP contribution in [0.25, 0.3) is 0 Å². The molecule has 0 saturated carbocycles. The van der Waals surface area contributed by atoms with Gasteiger partial charge in [-0.3, -0.25) is 9.59 Å². The predicted molar refractivity (Wildman–Crippen MR) is 66.5 cm³/mol. The lowest BCUT2D eigenvalue weighted by Gasteiger charge is -2.32. The van der Waals surface area contributed by atoms with Gasteiger partial charge >= 0.3 is 0 Å². The van der Waals surface area contributed by atoms with Gasteiger partial charge in [0.15, 0.2) is 0 Å². The van der Waals surface area contributed by atoms with E-state index in [9.17, 15) is 9.59 Å². The molecule has 0 bridgehead atoms. The topological polar surface area (TPSA) is 52.7 Å². The van der Waals surface area contributed by atoms with Gasteiger partial charge < -0.3 is 15.1 Å². The number of amides is 2. The number of nitrogens with zero attached hydrogens (tertiary/aromatic N) is 2. The van der Waals surface area contributed by atoms with E-state index in [0.717, 1.165) is 26.2 Å². The third-order valence-corrected chi connectivity index (χ3v) is 2.88. The zero-order valence-electron chi connectivity index (χ0n) is 11.0. The van der Waals surface area contributed by atoms with Crippen LogP contribution in [0.1, 0.15) is 20.3 Å². The maximum atomic E-state index is 11.8. The van der Waals surface area contributed by atoms with Crippen LogP contribution in [-0.4, -0.2) is 61.4 Å². The number of carbonyl (C=O) groups is 2. The summed E-state index contributed by atoms with van der Waals surface area (Å²) < 4.78 is 0. The van der Waals surface area contributed by atoms with E-state index in [4.69, 9.17) is 0 Å². The molecule has 0 aromatic rings. The molecular formula is C12H23N3O2. The lowest BCUT2D eigenvalue weighted by molar-refractivity contribution is -0.137. The molecule has 1 N–H and O–H groups in total. The smallest absolute Gasteiger partial charge is 0.232 e. The van der Waals surface area contributed by atoms with Crippen LogP contribution in [0.4, 0.5) is 0 Å². The summed E-state index contributed by atoms with van der Waals surface area (Å²) in [6.45, 7) is 7.93. The molecule has 0 unspecified atom stereocenters. The Labute approximate surface area is 103 Å². The van der Waals surface area contributed by atoms with Crippen molar-refractivity contribution < 1.29 is 9.59 Å². The Morgan fingerprint density at radius 3 is 2.29 bits per heavy atom. The normalized spacial score (nSPS) is 17.3. The minimum Gasteiger partial charge on any atom is -0.355 e. The lowest BCUT2D eigenvalue weighted by Crippen LogP contribution is -2.48. The predicted octanol–water partition coefficient (Wildman–Crippen LogP) is -0.0773. The van der Waals surface area contributed by atoms with Gasteiger partial charge in [0.25, 0.3) is 0 Å². The van der Waals surface area contributed by atoms with Gasteiger partial charge in [-0.25, -0.2) is 0 Å². The zero-order valence-corrected chi connectivity index (χ0v) is 11.0. The molecule has 0 radical (unpaired) electrons. The van der Waals surface area contributed by atoms with Crippen molar-refractivity contribution in [1.82, 2.24) is 15.1 Å². The average molecular weight is 241 g/mol. The van der Waals surface area contributed by atoms with Crippen LogP contribution in [0.15, 0.2) is 0 Å². The molecule has 1 aliphatic heterocycles. The highest BCUT2D eigenvalue weighted by molar-refractivity contribution is 5.96. The molecule has 2 amide bonds. The molecule has 17 heavy (non-hydrogen) atoms. The second-order valence-corrected chi connectivity index (χ2v) is 5.06. The highest BCUT2D eigenvalue weighted by atomic mass is 16.2. The van der Waals surface area contributed by atoms with Gasteiger partial charge in [-0.15, -0.1) is 0 Å². The van der Waals surface area contributed by atoms with E-state index in [2.05, 4.69) is 10.2 Å².